The topological polar surface area (TPSA) is 63.3 Å². The Morgan fingerprint density at radius 3 is 2.57 bits per heavy atom. The summed E-state index contributed by atoms with van der Waals surface area (Å²) in [5.41, 5.74) is 5.23. The molecular weight excluding hydrogens is 185 g/mol. The summed E-state index contributed by atoms with van der Waals surface area (Å²) in [4.78, 5) is 10.9. The van der Waals surface area contributed by atoms with Crippen LogP contribution in [0.1, 0.15) is 12.0 Å². The zero-order chi connectivity index (χ0) is 10.6. The van der Waals surface area contributed by atoms with Crippen molar-refractivity contribution in [2.75, 3.05) is 6.61 Å². The molecule has 3 nitrogen and oxygen atoms in total. The molecule has 0 unspecified atom stereocenters. The van der Waals surface area contributed by atoms with Gasteiger partial charge in [-0.2, -0.15) is 0 Å². The average Bonchev–Trinajstić information content (AvgIpc) is 2.15. The van der Waals surface area contributed by atoms with Crippen molar-refractivity contribution in [3.8, 4) is 0 Å². The number of aliphatic hydroxyl groups excluding tert-OH is 1. The predicted molar refractivity (Wildman–Crippen MR) is 49.6 cm³/mol. The van der Waals surface area contributed by atoms with Crippen LogP contribution in [-0.4, -0.2) is 17.6 Å². The molecule has 75 valence electrons. The maximum absolute atomic E-state index is 13.2. The molecule has 0 atom stereocenters. The summed E-state index contributed by atoms with van der Waals surface area (Å²) in [7, 11) is 0. The molecule has 0 heterocycles. The van der Waals surface area contributed by atoms with E-state index in [4.69, 9.17) is 10.8 Å². The number of halogens is 1. The highest BCUT2D eigenvalue weighted by molar-refractivity contribution is 5.92. The molecule has 0 aliphatic heterocycles. The smallest absolute Gasteiger partial charge is 0.229 e. The molecule has 14 heavy (non-hydrogen) atoms. The molecule has 0 saturated heterocycles. The molecule has 1 aromatic carbocycles. The number of hydrogen-bond acceptors (Lipinski definition) is 2. The molecule has 4 heteroatoms. The normalized spacial score (nSPS) is 10.5. The summed E-state index contributed by atoms with van der Waals surface area (Å²) in [5.74, 6) is -1.09. The maximum atomic E-state index is 13.2. The fourth-order valence-corrected chi connectivity index (χ4v) is 1.21. The van der Waals surface area contributed by atoms with Crippen molar-refractivity contribution >= 4 is 5.91 Å². The largest absolute Gasteiger partial charge is 0.396 e. The van der Waals surface area contributed by atoms with E-state index in [1.165, 1.54) is 18.2 Å². The third kappa shape index (κ3) is 2.29. The van der Waals surface area contributed by atoms with E-state index in [2.05, 4.69) is 0 Å². The summed E-state index contributed by atoms with van der Waals surface area (Å²) < 4.78 is 13.2. The van der Waals surface area contributed by atoms with Gasteiger partial charge in [-0.25, -0.2) is 4.39 Å². The van der Waals surface area contributed by atoms with Crippen LogP contribution in [0.5, 0.6) is 0 Å². The van der Waals surface area contributed by atoms with Crippen molar-refractivity contribution in [3.63, 3.8) is 0 Å². The molecule has 0 fully saturated rings. The standard InChI is InChI=1S/C10H11FNO2/c11-9-4-2-1-3-7(9)8(5-6-13)10(12)14/h1-4,13H,5-6H2,(H2,12,14). The number of amides is 1. The van der Waals surface area contributed by atoms with Gasteiger partial charge in [0.15, 0.2) is 0 Å². The Morgan fingerprint density at radius 1 is 1.43 bits per heavy atom. The van der Waals surface area contributed by atoms with Crippen LogP contribution >= 0.6 is 0 Å². The second-order valence-corrected chi connectivity index (χ2v) is 2.80. The molecular formula is C10H11FNO2. The number of aliphatic hydroxyl groups is 1. The van der Waals surface area contributed by atoms with Crippen LogP contribution in [0.25, 0.3) is 0 Å². The van der Waals surface area contributed by atoms with Crippen LogP contribution in [-0.2, 0) is 4.79 Å². The third-order valence-corrected chi connectivity index (χ3v) is 1.86. The number of benzene rings is 1. The van der Waals surface area contributed by atoms with E-state index >= 15 is 0 Å². The van der Waals surface area contributed by atoms with Crippen molar-refractivity contribution in [2.24, 2.45) is 5.73 Å². The van der Waals surface area contributed by atoms with Gasteiger partial charge >= 0.3 is 0 Å². The number of carbonyl (C=O) groups excluding carboxylic acids is 1. The van der Waals surface area contributed by atoms with E-state index in [0.29, 0.717) is 0 Å². The summed E-state index contributed by atoms with van der Waals surface area (Å²) >= 11 is 0. The molecule has 1 rings (SSSR count). The lowest BCUT2D eigenvalue weighted by Crippen LogP contribution is -2.24. The monoisotopic (exact) mass is 196 g/mol. The van der Waals surface area contributed by atoms with Gasteiger partial charge in [0, 0.05) is 12.2 Å². The Morgan fingerprint density at radius 2 is 2.07 bits per heavy atom. The van der Waals surface area contributed by atoms with Crippen molar-refractivity contribution in [1.82, 2.24) is 0 Å². The second kappa shape index (κ2) is 4.72. The Balaban J connectivity index is 2.99. The van der Waals surface area contributed by atoms with E-state index in [1.54, 1.807) is 6.07 Å². The number of nitrogens with two attached hydrogens (primary N) is 1. The fraction of sp³-hybridized carbons (Fsp3) is 0.200. The van der Waals surface area contributed by atoms with Gasteiger partial charge in [0.25, 0.3) is 0 Å². The van der Waals surface area contributed by atoms with Gasteiger partial charge in [-0.1, -0.05) is 18.2 Å². The summed E-state index contributed by atoms with van der Waals surface area (Å²) in [6.07, 6.45) is 0.0657. The first kappa shape index (κ1) is 10.7. The van der Waals surface area contributed by atoms with Crippen LogP contribution in [0.3, 0.4) is 0 Å². The van der Waals surface area contributed by atoms with E-state index in [0.717, 1.165) is 0 Å². The molecule has 3 N–H and O–H groups in total. The lowest BCUT2D eigenvalue weighted by molar-refractivity contribution is -0.116. The zero-order valence-electron chi connectivity index (χ0n) is 7.53. The molecule has 0 spiro atoms. The zero-order valence-corrected chi connectivity index (χ0v) is 7.53. The Labute approximate surface area is 81.4 Å². The average molecular weight is 196 g/mol. The van der Waals surface area contributed by atoms with Gasteiger partial charge in [-0.3, -0.25) is 4.79 Å². The minimum atomic E-state index is -0.704. The van der Waals surface area contributed by atoms with Crippen LogP contribution in [0.2, 0.25) is 0 Å². The van der Waals surface area contributed by atoms with Crippen LogP contribution < -0.4 is 5.73 Å². The number of hydrogen-bond donors (Lipinski definition) is 2. The molecule has 1 radical (unpaired) electrons. The van der Waals surface area contributed by atoms with Gasteiger partial charge in [-0.15, -0.1) is 0 Å². The summed E-state index contributed by atoms with van der Waals surface area (Å²) in [6.45, 7) is -0.230. The number of rotatable bonds is 4. The summed E-state index contributed by atoms with van der Waals surface area (Å²) in [5, 5.41) is 8.69. The lowest BCUT2D eigenvalue weighted by atomic mass is 9.95. The van der Waals surface area contributed by atoms with Crippen molar-refractivity contribution in [3.05, 3.63) is 41.6 Å². The first-order valence-corrected chi connectivity index (χ1v) is 4.18. The minimum Gasteiger partial charge on any atom is -0.396 e. The predicted octanol–water partition coefficient (Wildman–Crippen LogP) is 0.616. The van der Waals surface area contributed by atoms with Crippen LogP contribution in [0.15, 0.2) is 24.3 Å². The first-order chi connectivity index (χ1) is 6.66. The molecule has 1 amide bonds. The Kier molecular flexibility index (Phi) is 3.59. The fourth-order valence-electron chi connectivity index (χ4n) is 1.21. The van der Waals surface area contributed by atoms with Crippen molar-refractivity contribution < 1.29 is 14.3 Å². The number of carbonyl (C=O) groups is 1. The second-order valence-electron chi connectivity index (χ2n) is 2.80. The van der Waals surface area contributed by atoms with Crippen LogP contribution in [0, 0.1) is 11.7 Å². The highest BCUT2D eigenvalue weighted by Gasteiger charge is 2.21. The van der Waals surface area contributed by atoms with Crippen LogP contribution in [0.4, 0.5) is 4.39 Å². The number of primary amides is 1. The summed E-state index contributed by atoms with van der Waals surface area (Å²) in [6, 6.07) is 5.84. The van der Waals surface area contributed by atoms with Gasteiger partial charge < -0.3 is 10.8 Å². The van der Waals surface area contributed by atoms with Gasteiger partial charge in [-0.05, 0) is 12.5 Å². The van der Waals surface area contributed by atoms with Gasteiger partial charge in [0.05, 0.1) is 5.92 Å². The quantitative estimate of drug-likeness (QED) is 0.741. The highest BCUT2D eigenvalue weighted by Crippen LogP contribution is 2.20. The molecule has 0 aliphatic rings. The van der Waals surface area contributed by atoms with Gasteiger partial charge in [0.1, 0.15) is 5.82 Å². The lowest BCUT2D eigenvalue weighted by Gasteiger charge is -2.11. The van der Waals surface area contributed by atoms with Crippen molar-refractivity contribution in [2.45, 2.75) is 6.42 Å². The molecule has 0 aliphatic carbocycles. The molecule has 1 aromatic rings. The van der Waals surface area contributed by atoms with Gasteiger partial charge in [0.2, 0.25) is 5.91 Å². The Bertz CT molecular complexity index is 328. The Hall–Kier alpha value is -1.42. The van der Waals surface area contributed by atoms with E-state index in [9.17, 15) is 9.18 Å². The molecule has 0 bridgehead atoms. The third-order valence-electron chi connectivity index (χ3n) is 1.86. The highest BCUT2D eigenvalue weighted by atomic mass is 19.1. The molecule has 0 saturated carbocycles. The first-order valence-electron chi connectivity index (χ1n) is 4.18. The van der Waals surface area contributed by atoms with E-state index in [-0.39, 0.29) is 24.5 Å². The maximum Gasteiger partial charge on any atom is 0.229 e. The SMILES string of the molecule is NC(=O)[C](CCO)c1ccccc1F. The molecule has 0 aromatic heterocycles. The van der Waals surface area contributed by atoms with E-state index < -0.39 is 11.7 Å². The van der Waals surface area contributed by atoms with Crippen molar-refractivity contribution in [1.29, 1.82) is 0 Å². The van der Waals surface area contributed by atoms with E-state index in [1.807, 2.05) is 0 Å². The minimum absolute atomic E-state index is 0.0657.